The van der Waals surface area contributed by atoms with Crippen LogP contribution in [-0.4, -0.2) is 19.9 Å². The summed E-state index contributed by atoms with van der Waals surface area (Å²) >= 11 is 11.8. The lowest BCUT2D eigenvalue weighted by Gasteiger charge is -2.13. The number of amides is 1. The maximum absolute atomic E-state index is 12.1. The van der Waals surface area contributed by atoms with Crippen LogP contribution in [0, 0.1) is 0 Å². The van der Waals surface area contributed by atoms with Gasteiger partial charge in [0.1, 0.15) is 0 Å². The second-order valence-corrected chi connectivity index (χ2v) is 7.17. The lowest BCUT2D eigenvalue weighted by molar-refractivity contribution is 0.0935. The Morgan fingerprint density at radius 3 is 2.42 bits per heavy atom. The van der Waals surface area contributed by atoms with E-state index in [-0.39, 0.29) is 26.0 Å². The van der Waals surface area contributed by atoms with Crippen molar-refractivity contribution in [3.63, 3.8) is 0 Å². The lowest BCUT2D eigenvalue weighted by atomic mass is 10.2. The molecule has 0 heterocycles. The molecule has 0 unspecified atom stereocenters. The lowest BCUT2D eigenvalue weighted by Crippen LogP contribution is -2.34. The summed E-state index contributed by atoms with van der Waals surface area (Å²) < 4.78 is 22.6. The number of benzene rings is 1. The van der Waals surface area contributed by atoms with Crippen molar-refractivity contribution in [2.45, 2.75) is 30.2 Å². The number of hydrogen-bond acceptors (Lipinski definition) is 3. The standard InChI is InChI=1S/C11H12Cl2N2O3S/c1-11(2-3-11)15-10(16)7-4-6(19(14,17)18)5-8(12)9(7)13/h4-5H,2-3H2,1H3,(H,15,16)(H2,14,17,18). The Kier molecular flexibility index (Phi) is 3.55. The first-order valence-corrected chi connectivity index (χ1v) is 7.77. The number of nitrogens with two attached hydrogens (primary N) is 1. The monoisotopic (exact) mass is 322 g/mol. The molecule has 8 heteroatoms. The molecule has 0 saturated heterocycles. The molecule has 104 valence electrons. The van der Waals surface area contributed by atoms with Crippen LogP contribution >= 0.6 is 23.2 Å². The summed E-state index contributed by atoms with van der Waals surface area (Å²) in [5.41, 5.74) is -0.240. The zero-order chi connectivity index (χ0) is 14.4. The molecule has 1 aliphatic carbocycles. The highest BCUT2D eigenvalue weighted by molar-refractivity contribution is 7.89. The van der Waals surface area contributed by atoms with Gasteiger partial charge in [-0.3, -0.25) is 4.79 Å². The van der Waals surface area contributed by atoms with Gasteiger partial charge in [0.25, 0.3) is 5.91 Å². The average Bonchev–Trinajstić information content (AvgIpc) is 2.98. The molecular weight excluding hydrogens is 311 g/mol. The Hall–Kier alpha value is -0.820. The van der Waals surface area contributed by atoms with Crippen LogP contribution in [0.1, 0.15) is 30.1 Å². The van der Waals surface area contributed by atoms with Crippen molar-refractivity contribution in [2.24, 2.45) is 5.14 Å². The van der Waals surface area contributed by atoms with E-state index in [1.54, 1.807) is 0 Å². The first-order valence-electron chi connectivity index (χ1n) is 5.47. The minimum absolute atomic E-state index is 0.00585. The highest BCUT2D eigenvalue weighted by Crippen LogP contribution is 2.36. The summed E-state index contributed by atoms with van der Waals surface area (Å²) in [6.45, 7) is 1.89. The van der Waals surface area contributed by atoms with Crippen molar-refractivity contribution in [1.82, 2.24) is 5.32 Å². The van der Waals surface area contributed by atoms with Crippen LogP contribution in [0.2, 0.25) is 10.0 Å². The van der Waals surface area contributed by atoms with Crippen LogP contribution in [0.5, 0.6) is 0 Å². The Labute approximate surface area is 121 Å². The van der Waals surface area contributed by atoms with Crippen molar-refractivity contribution in [3.05, 3.63) is 27.7 Å². The highest BCUT2D eigenvalue weighted by Gasteiger charge is 2.39. The third kappa shape index (κ3) is 3.20. The minimum atomic E-state index is -3.95. The van der Waals surface area contributed by atoms with E-state index in [0.717, 1.165) is 25.0 Å². The normalized spacial score (nSPS) is 17.1. The van der Waals surface area contributed by atoms with Crippen molar-refractivity contribution in [1.29, 1.82) is 0 Å². The number of nitrogens with one attached hydrogen (secondary N) is 1. The maximum atomic E-state index is 12.1. The molecule has 2 rings (SSSR count). The van der Waals surface area contributed by atoms with Crippen LogP contribution in [0.3, 0.4) is 0 Å². The molecule has 0 atom stereocenters. The molecule has 0 spiro atoms. The van der Waals surface area contributed by atoms with Gasteiger partial charge in [0.2, 0.25) is 10.0 Å². The van der Waals surface area contributed by atoms with Gasteiger partial charge in [0.15, 0.2) is 0 Å². The molecule has 1 fully saturated rings. The summed E-state index contributed by atoms with van der Waals surface area (Å²) in [7, 11) is -3.95. The van der Waals surface area contributed by atoms with Crippen LogP contribution in [-0.2, 0) is 10.0 Å². The van der Waals surface area contributed by atoms with E-state index in [2.05, 4.69) is 5.32 Å². The molecule has 1 amide bonds. The van der Waals surface area contributed by atoms with Gasteiger partial charge in [-0.05, 0) is 31.9 Å². The van der Waals surface area contributed by atoms with Gasteiger partial charge in [0, 0.05) is 5.54 Å². The molecule has 5 nitrogen and oxygen atoms in total. The molecule has 1 aromatic carbocycles. The molecular formula is C11H12Cl2N2O3S. The van der Waals surface area contributed by atoms with E-state index < -0.39 is 15.9 Å². The largest absolute Gasteiger partial charge is 0.347 e. The van der Waals surface area contributed by atoms with Gasteiger partial charge < -0.3 is 5.32 Å². The van der Waals surface area contributed by atoms with Gasteiger partial charge in [-0.1, -0.05) is 23.2 Å². The highest BCUT2D eigenvalue weighted by atomic mass is 35.5. The topological polar surface area (TPSA) is 89.3 Å². The zero-order valence-corrected chi connectivity index (χ0v) is 12.4. The molecule has 1 saturated carbocycles. The second kappa shape index (κ2) is 4.63. The summed E-state index contributed by atoms with van der Waals surface area (Å²) in [5, 5.41) is 7.78. The van der Waals surface area contributed by atoms with Gasteiger partial charge >= 0.3 is 0 Å². The molecule has 0 bridgehead atoms. The first kappa shape index (κ1) is 14.6. The fourth-order valence-corrected chi connectivity index (χ4v) is 2.59. The molecule has 0 aromatic heterocycles. The summed E-state index contributed by atoms with van der Waals surface area (Å²) in [6, 6.07) is 2.25. The summed E-state index contributed by atoms with van der Waals surface area (Å²) in [6.07, 6.45) is 1.75. The average molecular weight is 323 g/mol. The number of carbonyl (C=O) groups excluding carboxylic acids is 1. The number of sulfonamides is 1. The SMILES string of the molecule is CC1(NC(=O)c2cc(S(N)(=O)=O)cc(Cl)c2Cl)CC1. The Morgan fingerprint density at radius 1 is 1.37 bits per heavy atom. The molecule has 1 aliphatic rings. The first-order chi connectivity index (χ1) is 8.62. The smallest absolute Gasteiger partial charge is 0.253 e. The van der Waals surface area contributed by atoms with E-state index in [1.807, 2.05) is 6.92 Å². The van der Waals surface area contributed by atoms with E-state index in [0.29, 0.717) is 0 Å². The number of rotatable bonds is 3. The van der Waals surface area contributed by atoms with E-state index in [1.165, 1.54) is 0 Å². The van der Waals surface area contributed by atoms with E-state index in [4.69, 9.17) is 28.3 Å². The van der Waals surface area contributed by atoms with E-state index in [9.17, 15) is 13.2 Å². The van der Waals surface area contributed by atoms with Crippen molar-refractivity contribution in [3.8, 4) is 0 Å². The predicted octanol–water partition coefficient (Wildman–Crippen LogP) is 1.92. The number of primary sulfonamides is 1. The van der Waals surface area contributed by atoms with Crippen LogP contribution < -0.4 is 10.5 Å². The third-order valence-electron chi connectivity index (χ3n) is 2.99. The maximum Gasteiger partial charge on any atom is 0.253 e. The van der Waals surface area contributed by atoms with E-state index >= 15 is 0 Å². The van der Waals surface area contributed by atoms with Crippen LogP contribution in [0.25, 0.3) is 0 Å². The number of carbonyl (C=O) groups is 1. The van der Waals surface area contributed by atoms with Crippen LogP contribution in [0.15, 0.2) is 17.0 Å². The van der Waals surface area contributed by atoms with Crippen molar-refractivity contribution >= 4 is 39.1 Å². The quantitative estimate of drug-likeness (QED) is 0.890. The van der Waals surface area contributed by atoms with Crippen molar-refractivity contribution in [2.75, 3.05) is 0 Å². The zero-order valence-electron chi connectivity index (χ0n) is 10.0. The molecule has 0 radical (unpaired) electrons. The van der Waals surface area contributed by atoms with Crippen LogP contribution in [0.4, 0.5) is 0 Å². The van der Waals surface area contributed by atoms with Crippen molar-refractivity contribution < 1.29 is 13.2 Å². The third-order valence-corrected chi connectivity index (χ3v) is 4.68. The fraction of sp³-hybridized carbons (Fsp3) is 0.364. The summed E-state index contributed by atoms with van der Waals surface area (Å²) in [4.78, 5) is 11.8. The minimum Gasteiger partial charge on any atom is -0.347 e. The van der Waals surface area contributed by atoms with Gasteiger partial charge in [-0.25, -0.2) is 13.6 Å². The van der Waals surface area contributed by atoms with Gasteiger partial charge in [-0.2, -0.15) is 0 Å². The molecule has 19 heavy (non-hydrogen) atoms. The van der Waals surface area contributed by atoms with Gasteiger partial charge in [-0.15, -0.1) is 0 Å². The number of halogens is 2. The Balaban J connectivity index is 2.44. The molecule has 1 aromatic rings. The van der Waals surface area contributed by atoms with Gasteiger partial charge in [0.05, 0.1) is 20.5 Å². The molecule has 0 aliphatic heterocycles. The summed E-state index contributed by atoms with van der Waals surface area (Å²) in [5.74, 6) is -0.461. The Bertz CT molecular complexity index is 654. The molecule has 3 N–H and O–H groups in total. The predicted molar refractivity (Wildman–Crippen MR) is 72.9 cm³/mol. The number of hydrogen-bond donors (Lipinski definition) is 2. The fourth-order valence-electron chi connectivity index (χ4n) is 1.55. The Morgan fingerprint density at radius 2 is 1.95 bits per heavy atom. The second-order valence-electron chi connectivity index (χ2n) is 4.83.